The molecule has 0 unspecified atom stereocenters. The number of nitrogens with zero attached hydrogens (tertiary/aromatic N) is 3. The molecular formula is C10H16N4O2. The van der Waals surface area contributed by atoms with Crippen LogP contribution in [0.5, 0.6) is 0 Å². The average Bonchev–Trinajstić information content (AvgIpc) is 2.75. The first kappa shape index (κ1) is 12.2. The van der Waals surface area contributed by atoms with Crippen LogP contribution >= 0.6 is 0 Å². The minimum Gasteiger partial charge on any atom is -0.461 e. The Hall–Kier alpha value is -1.85. The van der Waals surface area contributed by atoms with E-state index in [0.29, 0.717) is 18.8 Å². The van der Waals surface area contributed by atoms with Gasteiger partial charge < -0.3 is 10.5 Å². The number of hydrogen-bond acceptors (Lipinski definition) is 4. The zero-order chi connectivity index (χ0) is 12.0. The number of carbonyl (C=O) groups is 1. The molecule has 0 aromatic carbocycles. The molecule has 0 amide bonds. The standard InChI is InChI=1S/C10H16N4O2/c1-3-16-10(15)9-4-5-13-14(9)8(2)6-12-7-11/h4-5,7-8H,3,6H2,1-2H3,(H2,11,12)/t8-/m0/s1. The molecule has 1 heterocycles. The molecule has 0 saturated carbocycles. The lowest BCUT2D eigenvalue weighted by Gasteiger charge is -2.12. The summed E-state index contributed by atoms with van der Waals surface area (Å²) < 4.78 is 6.51. The molecule has 1 aromatic rings. The van der Waals surface area contributed by atoms with Gasteiger partial charge in [0.2, 0.25) is 0 Å². The first-order valence-corrected chi connectivity index (χ1v) is 5.11. The van der Waals surface area contributed by atoms with Gasteiger partial charge >= 0.3 is 5.97 Å². The molecule has 0 aliphatic heterocycles. The van der Waals surface area contributed by atoms with Crippen molar-refractivity contribution in [3.8, 4) is 0 Å². The molecule has 1 rings (SSSR count). The number of hydrogen-bond donors (Lipinski definition) is 1. The van der Waals surface area contributed by atoms with Crippen molar-refractivity contribution >= 4 is 12.3 Å². The Morgan fingerprint density at radius 3 is 3.19 bits per heavy atom. The summed E-state index contributed by atoms with van der Waals surface area (Å²) in [6.45, 7) is 4.49. The lowest BCUT2D eigenvalue weighted by atomic mass is 10.3. The summed E-state index contributed by atoms with van der Waals surface area (Å²) in [7, 11) is 0. The van der Waals surface area contributed by atoms with Crippen LogP contribution in [0.4, 0.5) is 0 Å². The molecule has 0 aliphatic carbocycles. The van der Waals surface area contributed by atoms with Gasteiger partial charge in [0.25, 0.3) is 0 Å². The van der Waals surface area contributed by atoms with Gasteiger partial charge in [-0.1, -0.05) is 0 Å². The van der Waals surface area contributed by atoms with Crippen LogP contribution < -0.4 is 5.73 Å². The van der Waals surface area contributed by atoms with Crippen LogP contribution in [0, 0.1) is 0 Å². The molecule has 1 atom stereocenters. The van der Waals surface area contributed by atoms with Crippen LogP contribution in [0.1, 0.15) is 30.4 Å². The topological polar surface area (TPSA) is 82.5 Å². The molecule has 2 N–H and O–H groups in total. The molecule has 6 nitrogen and oxygen atoms in total. The molecule has 0 saturated heterocycles. The van der Waals surface area contributed by atoms with E-state index >= 15 is 0 Å². The highest BCUT2D eigenvalue weighted by Crippen LogP contribution is 2.10. The first-order valence-electron chi connectivity index (χ1n) is 5.11. The van der Waals surface area contributed by atoms with E-state index in [-0.39, 0.29) is 12.0 Å². The predicted molar refractivity (Wildman–Crippen MR) is 60.4 cm³/mol. The van der Waals surface area contributed by atoms with Crippen molar-refractivity contribution in [2.45, 2.75) is 19.9 Å². The van der Waals surface area contributed by atoms with Crippen molar-refractivity contribution in [2.24, 2.45) is 10.7 Å². The van der Waals surface area contributed by atoms with Crippen LogP contribution in [0.2, 0.25) is 0 Å². The summed E-state index contributed by atoms with van der Waals surface area (Å²) in [6, 6.07) is 1.59. The van der Waals surface area contributed by atoms with Crippen LogP contribution in [-0.2, 0) is 4.74 Å². The molecule has 88 valence electrons. The maximum absolute atomic E-state index is 11.6. The zero-order valence-corrected chi connectivity index (χ0v) is 9.46. The molecule has 0 spiro atoms. The van der Waals surface area contributed by atoms with Gasteiger partial charge in [-0.15, -0.1) is 0 Å². The molecule has 6 heteroatoms. The minimum absolute atomic E-state index is 0.0331. The Morgan fingerprint density at radius 1 is 1.81 bits per heavy atom. The summed E-state index contributed by atoms with van der Waals surface area (Å²) in [5.74, 6) is -0.372. The Balaban J connectivity index is 2.80. The SMILES string of the molecule is CCOC(=O)c1ccnn1[C@@H](C)CN=CN. The summed E-state index contributed by atoms with van der Waals surface area (Å²) in [4.78, 5) is 15.5. The van der Waals surface area contributed by atoms with E-state index in [0.717, 1.165) is 0 Å². The fourth-order valence-corrected chi connectivity index (χ4v) is 1.32. The molecule has 0 radical (unpaired) electrons. The van der Waals surface area contributed by atoms with Gasteiger partial charge in [-0.3, -0.25) is 9.67 Å². The summed E-state index contributed by atoms with van der Waals surface area (Å²) in [5, 5.41) is 4.07. The van der Waals surface area contributed by atoms with Gasteiger partial charge in [-0.2, -0.15) is 5.10 Å². The lowest BCUT2D eigenvalue weighted by molar-refractivity contribution is 0.0509. The monoisotopic (exact) mass is 224 g/mol. The maximum atomic E-state index is 11.6. The third-order valence-electron chi connectivity index (χ3n) is 2.05. The van der Waals surface area contributed by atoms with Crippen molar-refractivity contribution in [2.75, 3.05) is 13.2 Å². The molecule has 0 aliphatic rings. The smallest absolute Gasteiger partial charge is 0.356 e. The number of ether oxygens (including phenoxy) is 1. The number of aromatic nitrogens is 2. The van der Waals surface area contributed by atoms with Gasteiger partial charge in [-0.05, 0) is 19.9 Å². The summed E-state index contributed by atoms with van der Waals surface area (Å²) in [6.07, 6.45) is 2.80. The molecular weight excluding hydrogens is 208 g/mol. The van der Waals surface area contributed by atoms with Gasteiger partial charge in [0.05, 0.1) is 25.5 Å². The Morgan fingerprint density at radius 2 is 2.56 bits per heavy atom. The van der Waals surface area contributed by atoms with Crippen LogP contribution in [0.3, 0.4) is 0 Å². The number of nitrogens with two attached hydrogens (primary N) is 1. The van der Waals surface area contributed by atoms with Crippen LogP contribution in [-0.4, -0.2) is 35.2 Å². The Kier molecular flexibility index (Phi) is 4.50. The van der Waals surface area contributed by atoms with Crippen molar-refractivity contribution in [1.82, 2.24) is 9.78 Å². The second kappa shape index (κ2) is 5.89. The van der Waals surface area contributed by atoms with Gasteiger partial charge in [-0.25, -0.2) is 4.79 Å². The third kappa shape index (κ3) is 2.82. The normalized spacial score (nSPS) is 12.9. The summed E-state index contributed by atoms with van der Waals surface area (Å²) in [5.41, 5.74) is 5.59. The first-order chi connectivity index (χ1) is 7.70. The van der Waals surface area contributed by atoms with Crippen molar-refractivity contribution in [3.05, 3.63) is 18.0 Å². The van der Waals surface area contributed by atoms with E-state index in [1.165, 1.54) is 6.34 Å². The quantitative estimate of drug-likeness (QED) is 0.451. The largest absolute Gasteiger partial charge is 0.461 e. The van der Waals surface area contributed by atoms with Crippen molar-refractivity contribution in [1.29, 1.82) is 0 Å². The lowest BCUT2D eigenvalue weighted by Crippen LogP contribution is -2.18. The number of rotatable bonds is 5. The molecule has 0 fully saturated rings. The molecule has 0 bridgehead atoms. The number of esters is 1. The third-order valence-corrected chi connectivity index (χ3v) is 2.05. The van der Waals surface area contributed by atoms with Crippen molar-refractivity contribution < 1.29 is 9.53 Å². The summed E-state index contributed by atoms with van der Waals surface area (Å²) >= 11 is 0. The second-order valence-corrected chi connectivity index (χ2v) is 3.24. The Labute approximate surface area is 94.1 Å². The van der Waals surface area contributed by atoms with E-state index in [4.69, 9.17) is 10.5 Å². The van der Waals surface area contributed by atoms with Gasteiger partial charge in [0.1, 0.15) is 5.69 Å². The van der Waals surface area contributed by atoms with Crippen LogP contribution in [0.25, 0.3) is 0 Å². The van der Waals surface area contributed by atoms with Crippen molar-refractivity contribution in [3.63, 3.8) is 0 Å². The highest BCUT2D eigenvalue weighted by molar-refractivity contribution is 5.87. The zero-order valence-electron chi connectivity index (χ0n) is 9.46. The van der Waals surface area contributed by atoms with Gasteiger partial charge in [0.15, 0.2) is 0 Å². The van der Waals surface area contributed by atoms with E-state index < -0.39 is 0 Å². The highest BCUT2D eigenvalue weighted by atomic mass is 16.5. The fourth-order valence-electron chi connectivity index (χ4n) is 1.32. The van der Waals surface area contributed by atoms with Gasteiger partial charge in [0, 0.05) is 6.20 Å². The van der Waals surface area contributed by atoms with E-state index in [1.807, 2.05) is 6.92 Å². The number of carbonyl (C=O) groups excluding carboxylic acids is 1. The fraction of sp³-hybridized carbons (Fsp3) is 0.500. The molecule has 16 heavy (non-hydrogen) atoms. The van der Waals surface area contributed by atoms with E-state index in [2.05, 4.69) is 10.1 Å². The van der Waals surface area contributed by atoms with Crippen LogP contribution in [0.15, 0.2) is 17.3 Å². The highest BCUT2D eigenvalue weighted by Gasteiger charge is 2.16. The second-order valence-electron chi connectivity index (χ2n) is 3.24. The molecule has 1 aromatic heterocycles. The number of aliphatic imine (C=N–C) groups is 1. The van der Waals surface area contributed by atoms with E-state index in [9.17, 15) is 4.79 Å². The Bertz CT molecular complexity index is 373. The average molecular weight is 224 g/mol. The minimum atomic E-state index is -0.372. The maximum Gasteiger partial charge on any atom is 0.356 e. The van der Waals surface area contributed by atoms with E-state index in [1.54, 1.807) is 23.9 Å². The predicted octanol–water partition coefficient (Wildman–Crippen LogP) is 0.608.